The van der Waals surface area contributed by atoms with Crippen LogP contribution in [-0.2, 0) is 6.18 Å². The van der Waals surface area contributed by atoms with Gasteiger partial charge in [0.15, 0.2) is 5.78 Å². The third kappa shape index (κ3) is 4.04. The fraction of sp³-hybridized carbons (Fsp3) is 0.269. The van der Waals surface area contributed by atoms with E-state index >= 15 is 0 Å². The Morgan fingerprint density at radius 2 is 1.24 bits per heavy atom. The first kappa shape index (κ1) is 23.5. The molecule has 0 N–H and O–H groups in total. The van der Waals surface area contributed by atoms with Crippen LogP contribution in [0.3, 0.4) is 0 Å². The molecule has 0 aromatic heterocycles. The van der Waals surface area contributed by atoms with E-state index in [-0.39, 0.29) is 5.78 Å². The van der Waals surface area contributed by atoms with Crippen LogP contribution in [0.2, 0.25) is 0 Å². The van der Waals surface area contributed by atoms with Crippen molar-refractivity contribution in [3.05, 3.63) is 82.4 Å². The third-order valence-corrected chi connectivity index (χ3v) is 6.09. The van der Waals surface area contributed by atoms with Crippen LogP contribution >= 0.6 is 0 Å². The number of methoxy groups -OCH3 is 4. The van der Waals surface area contributed by atoms with E-state index in [9.17, 15) is 18.0 Å². The molecule has 1 aliphatic rings. The number of Topliss-reactive ketones (excluding diaryl/α,β-unsaturated/α-hetero) is 1. The molecule has 4 rings (SSSR count). The van der Waals surface area contributed by atoms with E-state index in [1.807, 2.05) is 0 Å². The minimum Gasteiger partial charge on any atom is -0.497 e. The Hall–Kier alpha value is -3.68. The van der Waals surface area contributed by atoms with Gasteiger partial charge in [0.2, 0.25) is 0 Å². The highest BCUT2D eigenvalue weighted by Crippen LogP contribution is 2.53. The maximum atomic E-state index is 13.7. The minimum absolute atomic E-state index is 0.237. The standard InChI is InChI=1S/C26H23F3O5/c1-31-17-9-15(10-18(11-17)32-2)22-23(14-5-7-16(8-6-14)26(27,28)29)25(30)20-12-19(33-3)13-21(34-4)24(20)22/h5-13,22-23H,1-4H3/t22-,23-/m1/s1. The van der Waals surface area contributed by atoms with Gasteiger partial charge in [0.05, 0.1) is 39.9 Å². The summed E-state index contributed by atoms with van der Waals surface area (Å²) in [5, 5.41) is 0. The molecule has 0 unspecified atom stereocenters. The molecule has 1 aliphatic carbocycles. The Morgan fingerprint density at radius 3 is 1.74 bits per heavy atom. The van der Waals surface area contributed by atoms with E-state index < -0.39 is 23.6 Å². The molecule has 0 amide bonds. The van der Waals surface area contributed by atoms with Crippen molar-refractivity contribution in [1.29, 1.82) is 0 Å². The number of halogens is 3. The molecule has 5 nitrogen and oxygen atoms in total. The van der Waals surface area contributed by atoms with Gasteiger partial charge in [-0.15, -0.1) is 0 Å². The molecule has 0 bridgehead atoms. The molecule has 178 valence electrons. The third-order valence-electron chi connectivity index (χ3n) is 6.09. The van der Waals surface area contributed by atoms with Crippen molar-refractivity contribution in [2.75, 3.05) is 28.4 Å². The predicted octanol–water partition coefficient (Wildman–Crippen LogP) is 5.85. The molecule has 0 heterocycles. The lowest BCUT2D eigenvalue weighted by atomic mass is 9.81. The fourth-order valence-electron chi connectivity index (χ4n) is 4.49. The van der Waals surface area contributed by atoms with Gasteiger partial charge >= 0.3 is 6.18 Å². The normalized spacial score (nSPS) is 17.3. The summed E-state index contributed by atoms with van der Waals surface area (Å²) in [6, 6.07) is 13.3. The van der Waals surface area contributed by atoms with Gasteiger partial charge < -0.3 is 18.9 Å². The highest BCUT2D eigenvalue weighted by molar-refractivity contribution is 6.08. The minimum atomic E-state index is -4.47. The number of hydrogen-bond acceptors (Lipinski definition) is 5. The Balaban J connectivity index is 1.95. The molecule has 0 saturated carbocycles. The van der Waals surface area contributed by atoms with Gasteiger partial charge in [-0.05, 0) is 41.5 Å². The lowest BCUT2D eigenvalue weighted by Crippen LogP contribution is -2.14. The number of carbonyl (C=O) groups is 1. The zero-order valence-electron chi connectivity index (χ0n) is 19.0. The number of carbonyl (C=O) groups excluding carboxylic acids is 1. The molecule has 0 radical (unpaired) electrons. The van der Waals surface area contributed by atoms with Crippen molar-refractivity contribution in [1.82, 2.24) is 0 Å². The van der Waals surface area contributed by atoms with Gasteiger partial charge in [0.1, 0.15) is 23.0 Å². The van der Waals surface area contributed by atoms with Crippen LogP contribution in [-0.4, -0.2) is 34.2 Å². The molecule has 2 atom stereocenters. The predicted molar refractivity (Wildman–Crippen MR) is 119 cm³/mol. The van der Waals surface area contributed by atoms with E-state index in [2.05, 4.69) is 0 Å². The summed E-state index contributed by atoms with van der Waals surface area (Å²) in [6.07, 6.45) is -4.47. The zero-order chi connectivity index (χ0) is 24.6. The summed E-state index contributed by atoms with van der Waals surface area (Å²) in [6.45, 7) is 0. The molecule has 8 heteroatoms. The summed E-state index contributed by atoms with van der Waals surface area (Å²) < 4.78 is 61.3. The first-order valence-corrected chi connectivity index (χ1v) is 10.4. The van der Waals surface area contributed by atoms with Crippen molar-refractivity contribution < 1.29 is 36.9 Å². The lowest BCUT2D eigenvalue weighted by Gasteiger charge is -2.23. The highest BCUT2D eigenvalue weighted by atomic mass is 19.4. The van der Waals surface area contributed by atoms with Crippen LogP contribution in [0.25, 0.3) is 0 Å². The molecule has 3 aromatic carbocycles. The second-order valence-electron chi connectivity index (χ2n) is 7.88. The molecule has 34 heavy (non-hydrogen) atoms. The summed E-state index contributed by atoms with van der Waals surface area (Å²) in [5.74, 6) is 0.364. The number of ether oxygens (including phenoxy) is 4. The summed E-state index contributed by atoms with van der Waals surface area (Å²) in [4.78, 5) is 13.7. The van der Waals surface area contributed by atoms with Gasteiger partial charge in [-0.1, -0.05) is 12.1 Å². The summed E-state index contributed by atoms with van der Waals surface area (Å²) >= 11 is 0. The maximum absolute atomic E-state index is 13.7. The average Bonchev–Trinajstić information content (AvgIpc) is 3.14. The maximum Gasteiger partial charge on any atom is 0.416 e. The molecular weight excluding hydrogens is 449 g/mol. The van der Waals surface area contributed by atoms with Gasteiger partial charge in [-0.3, -0.25) is 4.79 Å². The van der Waals surface area contributed by atoms with E-state index in [0.717, 1.165) is 12.1 Å². The summed E-state index contributed by atoms with van der Waals surface area (Å²) in [5.41, 5.74) is 1.41. The van der Waals surface area contributed by atoms with Crippen molar-refractivity contribution >= 4 is 5.78 Å². The smallest absolute Gasteiger partial charge is 0.416 e. The van der Waals surface area contributed by atoms with Crippen molar-refractivity contribution in [3.8, 4) is 23.0 Å². The number of hydrogen-bond donors (Lipinski definition) is 0. The van der Waals surface area contributed by atoms with Crippen LogP contribution in [0.15, 0.2) is 54.6 Å². The highest BCUT2D eigenvalue weighted by Gasteiger charge is 2.44. The average molecular weight is 472 g/mol. The van der Waals surface area contributed by atoms with Crippen molar-refractivity contribution in [3.63, 3.8) is 0 Å². The molecule has 0 saturated heterocycles. The van der Waals surface area contributed by atoms with Crippen LogP contribution in [0, 0.1) is 0 Å². The number of alkyl halides is 3. The Bertz CT molecular complexity index is 1200. The fourth-order valence-corrected chi connectivity index (χ4v) is 4.49. The Kier molecular flexibility index (Phi) is 6.17. The number of rotatable bonds is 6. The zero-order valence-corrected chi connectivity index (χ0v) is 19.0. The van der Waals surface area contributed by atoms with Gasteiger partial charge in [0, 0.05) is 29.2 Å². The van der Waals surface area contributed by atoms with E-state index in [1.165, 1.54) is 40.6 Å². The summed E-state index contributed by atoms with van der Waals surface area (Å²) in [7, 11) is 6.02. The number of benzene rings is 3. The quantitative estimate of drug-likeness (QED) is 0.450. The van der Waals surface area contributed by atoms with Crippen LogP contribution in [0.5, 0.6) is 23.0 Å². The van der Waals surface area contributed by atoms with Crippen LogP contribution in [0.1, 0.15) is 44.4 Å². The van der Waals surface area contributed by atoms with Crippen molar-refractivity contribution in [2.24, 2.45) is 0 Å². The van der Waals surface area contributed by atoms with Gasteiger partial charge in [-0.25, -0.2) is 0 Å². The second-order valence-corrected chi connectivity index (χ2v) is 7.88. The number of ketones is 1. The molecule has 0 aliphatic heterocycles. The Morgan fingerprint density at radius 1 is 0.676 bits per heavy atom. The Labute approximate surface area is 195 Å². The first-order chi connectivity index (χ1) is 16.2. The molecule has 0 spiro atoms. The van der Waals surface area contributed by atoms with Gasteiger partial charge in [0.25, 0.3) is 0 Å². The van der Waals surface area contributed by atoms with Crippen LogP contribution in [0.4, 0.5) is 13.2 Å². The van der Waals surface area contributed by atoms with E-state index in [1.54, 1.807) is 30.3 Å². The van der Waals surface area contributed by atoms with E-state index in [4.69, 9.17) is 18.9 Å². The molecule has 0 fully saturated rings. The second kappa shape index (κ2) is 8.93. The molecular formula is C26H23F3O5. The number of fused-ring (bicyclic) bond motifs is 1. The topological polar surface area (TPSA) is 54.0 Å². The van der Waals surface area contributed by atoms with E-state index in [0.29, 0.717) is 45.3 Å². The monoisotopic (exact) mass is 472 g/mol. The largest absolute Gasteiger partial charge is 0.497 e. The first-order valence-electron chi connectivity index (χ1n) is 10.4. The SMILES string of the molecule is COc1cc(OC)cc([C@H]2c3c(OC)cc(OC)cc3C(=O)[C@@H]2c2ccc(C(F)(F)F)cc2)c1. The molecule has 3 aromatic rings. The lowest BCUT2D eigenvalue weighted by molar-refractivity contribution is -0.137. The van der Waals surface area contributed by atoms with Crippen molar-refractivity contribution in [2.45, 2.75) is 18.0 Å². The van der Waals surface area contributed by atoms with Gasteiger partial charge in [-0.2, -0.15) is 13.2 Å². The van der Waals surface area contributed by atoms with Crippen LogP contribution < -0.4 is 18.9 Å².